The molecule has 15 unspecified atom stereocenters. The van der Waals surface area contributed by atoms with Crippen LogP contribution in [0, 0.1) is 5.92 Å². The number of fused-ring (bicyclic) bond motifs is 2. The molecule has 3 fully saturated rings. The number of aliphatic hydroxyl groups is 7. The summed E-state index contributed by atoms with van der Waals surface area (Å²) in [7, 11) is 5.58. The van der Waals surface area contributed by atoms with Crippen LogP contribution < -0.4 is 26.6 Å². The number of hydrogen-bond donors (Lipinski definition) is 13. The smallest absolute Gasteiger partial charge is 0.248 e. The molecule has 3 heterocycles. The third kappa shape index (κ3) is 21.3. The van der Waals surface area contributed by atoms with Crippen LogP contribution in [-0.4, -0.2) is 223 Å². The van der Waals surface area contributed by atoms with Crippen LogP contribution in [0.2, 0.25) is 0 Å². The Balaban J connectivity index is 1.69. The minimum atomic E-state index is -2.26. The number of aliphatic hydroxyl groups excluding tert-OH is 7. The number of carbonyl (C=O) groups excluding carboxylic acids is 7. The van der Waals surface area contributed by atoms with Gasteiger partial charge in [0.15, 0.2) is 6.23 Å². The quantitative estimate of drug-likeness (QED) is 0.0424. The van der Waals surface area contributed by atoms with Crippen LogP contribution in [-0.2, 0) is 38.3 Å². The van der Waals surface area contributed by atoms with Gasteiger partial charge in [-0.1, -0.05) is 116 Å². The summed E-state index contributed by atoms with van der Waals surface area (Å²) in [5.74, 6) is -8.49. The van der Waals surface area contributed by atoms with E-state index in [9.17, 15) is 74.4 Å². The van der Waals surface area contributed by atoms with Crippen molar-refractivity contribution in [3.63, 3.8) is 0 Å². The molecule has 15 atom stereocenters. The van der Waals surface area contributed by atoms with Crippen molar-refractivity contribution >= 4 is 41.4 Å². The van der Waals surface area contributed by atoms with Crippen molar-refractivity contribution in [2.24, 2.45) is 5.92 Å². The highest BCUT2D eigenvalue weighted by Crippen LogP contribution is 2.28. The van der Waals surface area contributed by atoms with Gasteiger partial charge in [0.2, 0.25) is 41.4 Å². The molecule has 3 aliphatic rings. The molecule has 7 amide bonds. The van der Waals surface area contributed by atoms with Gasteiger partial charge in [-0.3, -0.25) is 33.6 Å². The van der Waals surface area contributed by atoms with Crippen LogP contribution in [0.15, 0.2) is 24.3 Å². The number of phenols is 1. The van der Waals surface area contributed by atoms with Crippen molar-refractivity contribution in [1.82, 2.24) is 36.4 Å². The van der Waals surface area contributed by atoms with Gasteiger partial charge < -0.3 is 86.5 Å². The minimum absolute atomic E-state index is 0.0202. The lowest BCUT2D eigenvalue weighted by Crippen LogP contribution is -2.64. The molecule has 4 rings (SSSR count). The second-order valence-corrected chi connectivity index (χ2v) is 23.7. The van der Waals surface area contributed by atoms with Crippen molar-refractivity contribution in [2.45, 2.75) is 228 Å². The average Bonchev–Trinajstić information content (AvgIpc) is 4.05. The van der Waals surface area contributed by atoms with Crippen molar-refractivity contribution in [3.8, 4) is 5.75 Å². The molecule has 24 heteroatoms. The van der Waals surface area contributed by atoms with Crippen LogP contribution >= 0.6 is 0 Å². The summed E-state index contributed by atoms with van der Waals surface area (Å²) < 4.78 is 6.44. The zero-order valence-electron chi connectivity index (χ0n) is 48.7. The Labute approximate surface area is 477 Å². The van der Waals surface area contributed by atoms with E-state index < -0.39 is 152 Å². The van der Waals surface area contributed by atoms with Gasteiger partial charge >= 0.3 is 0 Å². The molecule has 1 aromatic rings. The first-order chi connectivity index (χ1) is 38.3. The van der Waals surface area contributed by atoms with Crippen molar-refractivity contribution < 1.29 is 83.6 Å². The normalized spacial score (nSPS) is 28.1. The average molecular weight is 1150 g/mol. The van der Waals surface area contributed by atoms with E-state index >= 15 is 0 Å². The number of benzene rings is 1. The van der Waals surface area contributed by atoms with Gasteiger partial charge in [-0.15, -0.1) is 0 Å². The molecule has 0 saturated carbocycles. The van der Waals surface area contributed by atoms with E-state index in [1.165, 1.54) is 95.9 Å². The Kier molecular flexibility index (Phi) is 28.1. The van der Waals surface area contributed by atoms with Crippen LogP contribution in [0.4, 0.5) is 0 Å². The number of likely N-dealkylation sites (N-methyl/N-ethyl adjacent to an activating group) is 1. The number of amides is 7. The number of rotatable bonds is 26. The first-order valence-corrected chi connectivity index (χ1v) is 29.3. The monoisotopic (exact) mass is 1150 g/mol. The molecule has 3 aliphatic heterocycles. The predicted molar refractivity (Wildman–Crippen MR) is 298 cm³/mol. The van der Waals surface area contributed by atoms with Gasteiger partial charge in [0.1, 0.15) is 66.9 Å². The summed E-state index contributed by atoms with van der Waals surface area (Å²) in [4.78, 5) is 103. The Hall–Kier alpha value is -5.05. The molecule has 0 aliphatic carbocycles. The highest BCUT2D eigenvalue weighted by Gasteiger charge is 2.50. The predicted octanol–water partition coefficient (Wildman–Crippen LogP) is -0.152. The standard InChI is InChI=1S/C57H96N8O16/c1-8-9-10-11-12-13-14-15-16-17-18-19-20-21-22-23-43(71)58-40-31-42(70)55(81-29-28-65(5,6)7)62-54(78)47-48(72)34(2)32-64(47)57(80)45(36(4)67)60-53(77)46(50(74)49(73)37-24-26-38(68)27-25-37)61-52(76)41-30-39(69)33-63(41)56(79)44(35(3)66)59-51(40)75/h24-27,34-36,39-42,44-50,55,66-67,69-70,72-74H,8-23,28-33H2,1-7H3,(H5-,58,59,60,61,62,68,71,75,76,77,78)/p+1. The summed E-state index contributed by atoms with van der Waals surface area (Å²) >= 11 is 0. The van der Waals surface area contributed by atoms with Gasteiger partial charge in [-0.2, -0.15) is 0 Å². The SMILES string of the molecule is CCCCCCCCCCCCCCCCCC(=O)NC1CC(O)C(OCC[N+](C)(C)C)NC(=O)C2C(O)C(C)CN2C(=O)C(C(C)O)NC(=O)C(C(O)C(O)c2ccc(O)cc2)NC(=O)C2CC(O)CN2C(=O)C(C(C)O)NC1=O. The molecule has 0 aromatic heterocycles. The summed E-state index contributed by atoms with van der Waals surface area (Å²) in [5.41, 5.74) is -0.0465. The third-order valence-corrected chi connectivity index (χ3v) is 15.5. The van der Waals surface area contributed by atoms with E-state index in [4.69, 9.17) is 4.74 Å². The molecule has 3 saturated heterocycles. The first-order valence-electron chi connectivity index (χ1n) is 29.3. The van der Waals surface area contributed by atoms with Crippen molar-refractivity contribution in [2.75, 3.05) is 47.4 Å². The van der Waals surface area contributed by atoms with E-state index in [0.717, 1.165) is 48.8 Å². The zero-order valence-corrected chi connectivity index (χ0v) is 48.7. The lowest BCUT2D eigenvalue weighted by atomic mass is 9.96. The van der Waals surface area contributed by atoms with Crippen molar-refractivity contribution in [3.05, 3.63) is 29.8 Å². The number of unbranched alkanes of at least 4 members (excludes halogenated alkanes) is 14. The van der Waals surface area contributed by atoms with E-state index in [1.807, 2.05) is 21.1 Å². The number of phenolic OH excluding ortho intramolecular Hbond substituents is 1. The Bertz CT molecular complexity index is 2170. The molecule has 81 heavy (non-hydrogen) atoms. The molecular weight excluding hydrogens is 1050 g/mol. The fraction of sp³-hybridized carbons (Fsp3) is 0.772. The second-order valence-electron chi connectivity index (χ2n) is 23.7. The van der Waals surface area contributed by atoms with E-state index in [0.29, 0.717) is 17.4 Å². The van der Waals surface area contributed by atoms with Gasteiger partial charge in [0.05, 0.1) is 52.2 Å². The molecular formula is C57H97N8O16+. The number of aromatic hydroxyl groups is 1. The number of nitrogens with zero attached hydrogens (tertiary/aromatic N) is 3. The topological polar surface area (TPSA) is 357 Å². The van der Waals surface area contributed by atoms with E-state index in [1.54, 1.807) is 0 Å². The van der Waals surface area contributed by atoms with Gasteiger partial charge in [-0.25, -0.2) is 0 Å². The molecule has 0 bridgehead atoms. The molecule has 460 valence electrons. The first kappa shape index (κ1) is 68.4. The van der Waals surface area contributed by atoms with Crippen LogP contribution in [0.3, 0.4) is 0 Å². The fourth-order valence-electron chi connectivity index (χ4n) is 10.5. The third-order valence-electron chi connectivity index (χ3n) is 15.5. The van der Waals surface area contributed by atoms with Gasteiger partial charge in [-0.05, 0) is 38.0 Å². The molecule has 0 spiro atoms. The Morgan fingerprint density at radius 1 is 0.667 bits per heavy atom. The molecule has 1 aromatic carbocycles. The lowest BCUT2D eigenvalue weighted by Gasteiger charge is -2.34. The van der Waals surface area contributed by atoms with E-state index in [2.05, 4.69) is 33.5 Å². The Morgan fingerprint density at radius 2 is 1.17 bits per heavy atom. The van der Waals surface area contributed by atoms with Crippen molar-refractivity contribution in [1.29, 1.82) is 0 Å². The Morgan fingerprint density at radius 3 is 1.70 bits per heavy atom. The number of hydrogen-bond acceptors (Lipinski definition) is 16. The zero-order chi connectivity index (χ0) is 60.1. The molecule has 13 N–H and O–H groups in total. The van der Waals surface area contributed by atoms with Gasteiger partial charge in [0.25, 0.3) is 0 Å². The number of nitrogens with one attached hydrogen (secondary N) is 5. The molecule has 24 nitrogen and oxygen atoms in total. The molecule has 0 radical (unpaired) electrons. The number of quaternary nitrogens is 1. The number of ether oxygens (including phenoxy) is 1. The summed E-state index contributed by atoms with van der Waals surface area (Å²) in [6.45, 7) is 5.44. The highest BCUT2D eigenvalue weighted by atomic mass is 16.5. The summed E-state index contributed by atoms with van der Waals surface area (Å²) in [5, 5.41) is 102. The fourth-order valence-corrected chi connectivity index (χ4v) is 10.5. The second kappa shape index (κ2) is 33.3. The number of carbonyl (C=O) groups is 7. The lowest BCUT2D eigenvalue weighted by molar-refractivity contribution is -0.870. The van der Waals surface area contributed by atoms with Crippen LogP contribution in [0.5, 0.6) is 5.75 Å². The summed E-state index contributed by atoms with van der Waals surface area (Å²) in [6.07, 6.45) is 1.32. The maximum Gasteiger partial charge on any atom is 0.248 e. The maximum atomic E-state index is 14.6. The maximum absolute atomic E-state index is 14.6. The summed E-state index contributed by atoms with van der Waals surface area (Å²) in [6, 6.07) is -6.31. The largest absolute Gasteiger partial charge is 0.508 e. The van der Waals surface area contributed by atoms with E-state index in [-0.39, 0.29) is 30.9 Å². The van der Waals surface area contributed by atoms with Crippen LogP contribution in [0.25, 0.3) is 0 Å². The minimum Gasteiger partial charge on any atom is -0.508 e. The highest BCUT2D eigenvalue weighted by molar-refractivity contribution is 5.98. The van der Waals surface area contributed by atoms with Gasteiger partial charge in [0, 0.05) is 38.3 Å². The van der Waals surface area contributed by atoms with Crippen LogP contribution in [0.1, 0.15) is 155 Å².